The van der Waals surface area contributed by atoms with Crippen LogP contribution in [0.2, 0.25) is 0 Å². The van der Waals surface area contributed by atoms with Gasteiger partial charge in [-0.15, -0.1) is 0 Å². The molecule has 1 aromatic rings. The molecule has 1 N–H and O–H groups in total. The highest BCUT2D eigenvalue weighted by Crippen LogP contribution is 2.28. The van der Waals surface area contributed by atoms with Crippen molar-refractivity contribution in [3.63, 3.8) is 0 Å². The van der Waals surface area contributed by atoms with Crippen molar-refractivity contribution in [3.05, 3.63) is 17.9 Å². The number of hydrogen-bond donors (Lipinski definition) is 1. The fourth-order valence-corrected chi connectivity index (χ4v) is 4.97. The number of furan rings is 1. The van der Waals surface area contributed by atoms with Gasteiger partial charge in [-0.25, -0.2) is 13.2 Å². The lowest BCUT2D eigenvalue weighted by Gasteiger charge is -2.28. The molecule has 0 spiro atoms. The molecule has 1 aromatic heterocycles. The van der Waals surface area contributed by atoms with Crippen LogP contribution in [0.15, 0.2) is 21.6 Å². The summed E-state index contributed by atoms with van der Waals surface area (Å²) in [6.07, 6.45) is 2.80. The van der Waals surface area contributed by atoms with Gasteiger partial charge in [-0.2, -0.15) is 4.31 Å². The van der Waals surface area contributed by atoms with Gasteiger partial charge in [0.2, 0.25) is 16.8 Å². The first kappa shape index (κ1) is 18.9. The number of carboxylic acid groups (broad SMARTS) is 1. The highest BCUT2D eigenvalue weighted by molar-refractivity contribution is 7.89. The molecule has 10 heteroatoms. The summed E-state index contributed by atoms with van der Waals surface area (Å²) in [5.41, 5.74) is 0. The minimum atomic E-state index is -4.08. The summed E-state index contributed by atoms with van der Waals surface area (Å²) in [5.74, 6) is -2.09. The monoisotopic (exact) mass is 386 g/mol. The lowest BCUT2D eigenvalue weighted by atomic mass is 10.2. The molecule has 0 aliphatic carbocycles. The summed E-state index contributed by atoms with van der Waals surface area (Å²) in [7, 11) is -2.44. The SMILES string of the molecule is CN(CC1CCCO1)C(=O)C1CCCN1S(=O)(=O)c1ccc(C(=O)O)o1. The van der Waals surface area contributed by atoms with Gasteiger partial charge < -0.3 is 19.2 Å². The lowest BCUT2D eigenvalue weighted by Crippen LogP contribution is -2.48. The van der Waals surface area contributed by atoms with Crippen LogP contribution in [0.1, 0.15) is 36.2 Å². The van der Waals surface area contributed by atoms with Crippen molar-refractivity contribution < 1.29 is 32.3 Å². The third-order valence-electron chi connectivity index (χ3n) is 4.72. The summed E-state index contributed by atoms with van der Waals surface area (Å²) in [6.45, 7) is 1.30. The van der Waals surface area contributed by atoms with Crippen molar-refractivity contribution in [2.24, 2.45) is 0 Å². The number of likely N-dealkylation sites (N-methyl/N-ethyl adjacent to an activating group) is 1. The molecule has 2 aliphatic rings. The zero-order valence-corrected chi connectivity index (χ0v) is 15.3. The predicted molar refractivity (Wildman–Crippen MR) is 89.2 cm³/mol. The molecular weight excluding hydrogens is 364 g/mol. The molecule has 2 saturated heterocycles. The molecule has 2 aliphatic heterocycles. The third kappa shape index (κ3) is 3.62. The molecule has 1 amide bonds. The van der Waals surface area contributed by atoms with E-state index in [0.29, 0.717) is 26.0 Å². The Morgan fingerprint density at radius 3 is 2.69 bits per heavy atom. The largest absolute Gasteiger partial charge is 0.475 e. The van der Waals surface area contributed by atoms with E-state index >= 15 is 0 Å². The Bertz CT molecular complexity index is 782. The number of ether oxygens (including phenoxy) is 1. The highest BCUT2D eigenvalue weighted by Gasteiger charge is 2.42. The molecule has 26 heavy (non-hydrogen) atoms. The number of rotatable bonds is 6. The Morgan fingerprint density at radius 1 is 1.31 bits per heavy atom. The summed E-state index contributed by atoms with van der Waals surface area (Å²) >= 11 is 0. The van der Waals surface area contributed by atoms with Crippen LogP contribution in [-0.2, 0) is 19.6 Å². The first-order valence-corrected chi connectivity index (χ1v) is 9.96. The van der Waals surface area contributed by atoms with E-state index in [4.69, 9.17) is 14.3 Å². The number of amides is 1. The average molecular weight is 386 g/mol. The van der Waals surface area contributed by atoms with E-state index in [-0.39, 0.29) is 18.6 Å². The number of sulfonamides is 1. The maximum Gasteiger partial charge on any atom is 0.371 e. The predicted octanol–water partition coefficient (Wildman–Crippen LogP) is 0.768. The molecule has 9 nitrogen and oxygen atoms in total. The van der Waals surface area contributed by atoms with Crippen LogP contribution in [0.25, 0.3) is 0 Å². The first-order valence-electron chi connectivity index (χ1n) is 8.52. The number of nitrogens with zero attached hydrogens (tertiary/aromatic N) is 2. The zero-order chi connectivity index (χ0) is 18.9. The average Bonchev–Trinajstić information content (AvgIpc) is 3.33. The first-order chi connectivity index (χ1) is 12.3. The quantitative estimate of drug-likeness (QED) is 0.767. The van der Waals surface area contributed by atoms with Gasteiger partial charge in [0.05, 0.1) is 6.10 Å². The molecule has 3 heterocycles. The van der Waals surface area contributed by atoms with Crippen LogP contribution < -0.4 is 0 Å². The Morgan fingerprint density at radius 2 is 2.08 bits per heavy atom. The molecule has 0 aromatic carbocycles. The van der Waals surface area contributed by atoms with Crippen LogP contribution in [-0.4, -0.2) is 73.5 Å². The van der Waals surface area contributed by atoms with E-state index in [0.717, 1.165) is 29.3 Å². The summed E-state index contributed by atoms with van der Waals surface area (Å²) in [5, 5.41) is 8.44. The Hall–Kier alpha value is -1.91. The van der Waals surface area contributed by atoms with Crippen molar-refractivity contribution in [3.8, 4) is 0 Å². The fraction of sp³-hybridized carbons (Fsp3) is 0.625. The Labute approximate surface area is 151 Å². The molecule has 0 bridgehead atoms. The second-order valence-electron chi connectivity index (χ2n) is 6.55. The molecule has 3 rings (SSSR count). The number of carboxylic acids is 1. The van der Waals surface area contributed by atoms with E-state index in [1.165, 1.54) is 4.90 Å². The molecule has 144 valence electrons. The number of hydrogen-bond acceptors (Lipinski definition) is 6. The van der Waals surface area contributed by atoms with E-state index in [2.05, 4.69) is 0 Å². The van der Waals surface area contributed by atoms with Gasteiger partial charge in [-0.3, -0.25) is 4.79 Å². The van der Waals surface area contributed by atoms with Gasteiger partial charge in [0.25, 0.3) is 10.0 Å². The van der Waals surface area contributed by atoms with E-state index < -0.39 is 32.9 Å². The van der Waals surface area contributed by atoms with Gasteiger partial charge in [-0.05, 0) is 37.8 Å². The van der Waals surface area contributed by atoms with Crippen LogP contribution in [0.5, 0.6) is 0 Å². The minimum Gasteiger partial charge on any atom is -0.475 e. The number of carbonyl (C=O) groups is 2. The molecule has 2 fully saturated rings. The summed E-state index contributed by atoms with van der Waals surface area (Å²) < 4.78 is 37.2. The second kappa shape index (κ2) is 7.37. The molecular formula is C16H22N2O7S. The van der Waals surface area contributed by atoms with Gasteiger partial charge >= 0.3 is 5.97 Å². The van der Waals surface area contributed by atoms with Crippen molar-refractivity contribution in [2.75, 3.05) is 26.7 Å². The lowest BCUT2D eigenvalue weighted by molar-refractivity contribution is -0.134. The molecule has 0 radical (unpaired) electrons. The maximum atomic E-state index is 12.8. The van der Waals surface area contributed by atoms with Gasteiger partial charge in [0, 0.05) is 26.7 Å². The molecule has 0 saturated carbocycles. The standard InChI is InChI=1S/C16H22N2O7S/c1-17(10-11-4-3-9-24-11)15(19)12-5-2-8-18(12)26(22,23)14-7-6-13(25-14)16(20)21/h6-7,11-12H,2-5,8-10H2,1H3,(H,20,21). The summed E-state index contributed by atoms with van der Waals surface area (Å²) in [6, 6.07) is 1.38. The van der Waals surface area contributed by atoms with Crippen LogP contribution in [0, 0.1) is 0 Å². The Balaban J connectivity index is 1.75. The topological polar surface area (TPSA) is 117 Å². The minimum absolute atomic E-state index is 0.0152. The van der Waals surface area contributed by atoms with Crippen molar-refractivity contribution in [1.29, 1.82) is 0 Å². The number of aromatic carboxylic acids is 1. The van der Waals surface area contributed by atoms with Gasteiger partial charge in [0.1, 0.15) is 6.04 Å². The van der Waals surface area contributed by atoms with Crippen molar-refractivity contribution in [2.45, 2.75) is 42.9 Å². The highest BCUT2D eigenvalue weighted by atomic mass is 32.2. The summed E-state index contributed by atoms with van der Waals surface area (Å²) in [4.78, 5) is 25.2. The second-order valence-corrected chi connectivity index (χ2v) is 8.37. The van der Waals surface area contributed by atoms with Crippen LogP contribution >= 0.6 is 0 Å². The molecule has 2 atom stereocenters. The van der Waals surface area contributed by atoms with Gasteiger partial charge in [-0.1, -0.05) is 0 Å². The normalized spacial score (nSPS) is 24.0. The van der Waals surface area contributed by atoms with Gasteiger partial charge in [0.15, 0.2) is 0 Å². The molecule has 2 unspecified atom stereocenters. The Kier molecular flexibility index (Phi) is 5.35. The van der Waals surface area contributed by atoms with Crippen LogP contribution in [0.3, 0.4) is 0 Å². The van der Waals surface area contributed by atoms with Crippen molar-refractivity contribution >= 4 is 21.9 Å². The fourth-order valence-electron chi connectivity index (χ4n) is 3.40. The van der Waals surface area contributed by atoms with E-state index in [9.17, 15) is 18.0 Å². The smallest absolute Gasteiger partial charge is 0.371 e. The zero-order valence-electron chi connectivity index (χ0n) is 14.5. The van der Waals surface area contributed by atoms with Crippen molar-refractivity contribution in [1.82, 2.24) is 9.21 Å². The third-order valence-corrected chi connectivity index (χ3v) is 6.50. The van der Waals surface area contributed by atoms with Crippen LogP contribution in [0.4, 0.5) is 0 Å². The van der Waals surface area contributed by atoms with E-state index in [1.54, 1.807) is 7.05 Å². The van der Waals surface area contributed by atoms with E-state index in [1.807, 2.05) is 0 Å². The number of carbonyl (C=O) groups excluding carboxylic acids is 1. The maximum absolute atomic E-state index is 12.8.